The first-order valence-corrected chi connectivity index (χ1v) is 21.5. The highest BCUT2D eigenvalue weighted by molar-refractivity contribution is 5.92. The average Bonchev–Trinajstić information content (AvgIpc) is 3.36. The Labute approximate surface area is 372 Å². The molecule has 2 nitrogen and oxygen atoms in total. The third-order valence-electron chi connectivity index (χ3n) is 11.5. The third-order valence-corrected chi connectivity index (χ3v) is 11.5. The molecule has 0 saturated heterocycles. The fourth-order valence-corrected chi connectivity index (χ4v) is 8.31. The Balaban J connectivity index is 1.03. The molecule has 0 spiro atoms. The Kier molecular flexibility index (Phi) is 12.1. The molecule has 302 valence electrons. The summed E-state index contributed by atoms with van der Waals surface area (Å²) in [5.41, 5.74) is 18.3. The Hall–Kier alpha value is -8.20. The number of hydrogen-bond donors (Lipinski definition) is 0. The van der Waals surface area contributed by atoms with Gasteiger partial charge < -0.3 is 9.80 Å². The van der Waals surface area contributed by atoms with Crippen LogP contribution in [0.1, 0.15) is 12.5 Å². The van der Waals surface area contributed by atoms with Crippen molar-refractivity contribution in [2.75, 3.05) is 9.80 Å². The molecule has 0 atom stereocenters. The summed E-state index contributed by atoms with van der Waals surface area (Å²) in [6.07, 6.45) is 6.23. The van der Waals surface area contributed by atoms with Crippen LogP contribution in [0.3, 0.4) is 0 Å². The van der Waals surface area contributed by atoms with Crippen molar-refractivity contribution in [1.82, 2.24) is 0 Å². The smallest absolute Gasteiger partial charge is 0.0462 e. The summed E-state index contributed by atoms with van der Waals surface area (Å²) in [6, 6.07) is 86.3. The first-order chi connectivity index (χ1) is 31.1. The fraction of sp³-hybridized carbons (Fsp3) is 0.0164. The van der Waals surface area contributed by atoms with Crippen LogP contribution in [0.4, 0.5) is 28.4 Å². The lowest BCUT2D eigenvalue weighted by molar-refractivity contribution is 1.16. The van der Waals surface area contributed by atoms with Crippen molar-refractivity contribution in [3.05, 3.63) is 279 Å². The van der Waals surface area contributed by atoms with Crippen LogP contribution >= 0.6 is 0 Å². The Morgan fingerprint density at radius 1 is 0.333 bits per heavy atom. The van der Waals surface area contributed by atoms with Gasteiger partial charge in [0.15, 0.2) is 0 Å². The van der Waals surface area contributed by atoms with Gasteiger partial charge in [0.05, 0.1) is 0 Å². The van der Waals surface area contributed by atoms with Crippen LogP contribution in [0.5, 0.6) is 0 Å². The summed E-state index contributed by atoms with van der Waals surface area (Å²) in [7, 11) is 0. The topological polar surface area (TPSA) is 6.48 Å². The summed E-state index contributed by atoms with van der Waals surface area (Å²) in [5, 5.41) is 0. The quantitative estimate of drug-likeness (QED) is 0.107. The Morgan fingerprint density at radius 3 is 1.17 bits per heavy atom. The zero-order valence-electron chi connectivity index (χ0n) is 35.4. The zero-order chi connectivity index (χ0) is 42.8. The van der Waals surface area contributed by atoms with Gasteiger partial charge in [0.1, 0.15) is 0 Å². The van der Waals surface area contributed by atoms with Crippen molar-refractivity contribution in [2.45, 2.75) is 6.92 Å². The third kappa shape index (κ3) is 8.98. The van der Waals surface area contributed by atoms with Crippen LogP contribution < -0.4 is 9.80 Å². The predicted octanol–water partition coefficient (Wildman–Crippen LogP) is 17.1. The van der Waals surface area contributed by atoms with Gasteiger partial charge >= 0.3 is 0 Å². The highest BCUT2D eigenvalue weighted by Crippen LogP contribution is 2.41. The maximum atomic E-state index is 4.09. The van der Waals surface area contributed by atoms with Crippen LogP contribution in [0.2, 0.25) is 0 Å². The molecular formula is C61H48N2. The summed E-state index contributed by atoms with van der Waals surface area (Å²) in [4.78, 5) is 4.62. The van der Waals surface area contributed by atoms with Crippen molar-refractivity contribution in [2.24, 2.45) is 0 Å². The lowest BCUT2D eigenvalue weighted by atomic mass is 9.89. The van der Waals surface area contributed by atoms with E-state index in [4.69, 9.17) is 0 Å². The molecular weight excluding hydrogens is 761 g/mol. The largest absolute Gasteiger partial charge is 0.315 e. The summed E-state index contributed by atoms with van der Waals surface area (Å²) in [6.45, 7) is 6.25. The van der Waals surface area contributed by atoms with Gasteiger partial charge in [-0.05, 0) is 129 Å². The summed E-state index contributed by atoms with van der Waals surface area (Å²) < 4.78 is 0. The SMILES string of the molecule is C=C/C(=C\C=C(/C)N(c1ccccc1)c1ccc(-c2ccccc2-c2ccccc2-c2ccc(N(c3ccccc3)c3ccc(-c4ccccc4)cc3)cc2)cc1)c1ccccc1. The van der Waals surface area contributed by atoms with E-state index in [1.54, 1.807) is 0 Å². The van der Waals surface area contributed by atoms with E-state index in [0.29, 0.717) is 0 Å². The standard InChI is InChI=1S/C61H48N2/c1-3-47(48-20-8-4-9-21-48)33-32-46(2)62(53-24-12-6-13-25-53)55-42-36-51(37-43-55)58-28-16-18-30-60(58)61-31-19-17-29-59(61)52-38-44-57(45-39-52)63(54-26-14-7-15-27-54)56-40-34-50(35-41-56)49-22-10-5-11-23-49/h3-45H,1H2,2H3/b46-32+,47-33+. The normalized spacial score (nSPS) is 11.5. The molecule has 0 saturated carbocycles. The minimum atomic E-state index is 1.07. The predicted molar refractivity (Wildman–Crippen MR) is 270 cm³/mol. The van der Waals surface area contributed by atoms with Crippen LogP contribution in [0.15, 0.2) is 273 Å². The van der Waals surface area contributed by atoms with Crippen molar-refractivity contribution in [1.29, 1.82) is 0 Å². The van der Waals surface area contributed by atoms with Gasteiger partial charge in [-0.2, -0.15) is 0 Å². The molecule has 0 aliphatic rings. The average molecular weight is 809 g/mol. The van der Waals surface area contributed by atoms with Gasteiger partial charge in [0.2, 0.25) is 0 Å². The maximum absolute atomic E-state index is 4.09. The van der Waals surface area contributed by atoms with E-state index in [1.807, 2.05) is 12.1 Å². The number of para-hydroxylation sites is 2. The van der Waals surface area contributed by atoms with Gasteiger partial charge in [-0.3, -0.25) is 0 Å². The number of allylic oxidation sites excluding steroid dienone is 5. The molecule has 9 aromatic rings. The molecule has 0 unspecified atom stereocenters. The van der Waals surface area contributed by atoms with Gasteiger partial charge in [0.25, 0.3) is 0 Å². The van der Waals surface area contributed by atoms with Gasteiger partial charge in [-0.25, -0.2) is 0 Å². The van der Waals surface area contributed by atoms with Gasteiger partial charge in [-0.1, -0.05) is 201 Å². The lowest BCUT2D eigenvalue weighted by Gasteiger charge is -2.26. The van der Waals surface area contributed by atoms with Crippen LogP contribution in [0.25, 0.3) is 50.1 Å². The second-order valence-corrected chi connectivity index (χ2v) is 15.4. The number of hydrogen-bond acceptors (Lipinski definition) is 2. The molecule has 63 heavy (non-hydrogen) atoms. The van der Waals surface area contributed by atoms with Crippen molar-refractivity contribution in [3.63, 3.8) is 0 Å². The second kappa shape index (κ2) is 19.0. The van der Waals surface area contributed by atoms with Crippen LogP contribution in [-0.2, 0) is 0 Å². The minimum Gasteiger partial charge on any atom is -0.315 e. The maximum Gasteiger partial charge on any atom is 0.0462 e. The molecule has 0 amide bonds. The van der Waals surface area contributed by atoms with Crippen molar-refractivity contribution in [3.8, 4) is 44.5 Å². The van der Waals surface area contributed by atoms with Crippen LogP contribution in [-0.4, -0.2) is 0 Å². The molecule has 0 aromatic heterocycles. The van der Waals surface area contributed by atoms with E-state index in [1.165, 1.54) is 33.4 Å². The van der Waals surface area contributed by atoms with Crippen molar-refractivity contribution < 1.29 is 0 Å². The molecule has 0 N–H and O–H groups in total. The summed E-state index contributed by atoms with van der Waals surface area (Å²) in [5.74, 6) is 0. The highest BCUT2D eigenvalue weighted by Gasteiger charge is 2.17. The monoisotopic (exact) mass is 808 g/mol. The van der Waals surface area contributed by atoms with E-state index < -0.39 is 0 Å². The Morgan fingerprint density at radius 2 is 0.683 bits per heavy atom. The molecule has 0 heterocycles. The minimum absolute atomic E-state index is 1.07. The number of nitrogens with zero attached hydrogens (tertiary/aromatic N) is 2. The number of rotatable bonds is 13. The molecule has 9 aromatic carbocycles. The van der Waals surface area contributed by atoms with E-state index in [-0.39, 0.29) is 0 Å². The first kappa shape index (κ1) is 40.2. The molecule has 9 rings (SSSR count). The molecule has 0 radical (unpaired) electrons. The van der Waals surface area contributed by atoms with Gasteiger partial charge in [-0.15, -0.1) is 0 Å². The lowest BCUT2D eigenvalue weighted by Crippen LogP contribution is -2.14. The molecule has 0 aliphatic carbocycles. The molecule has 0 aliphatic heterocycles. The van der Waals surface area contributed by atoms with E-state index in [2.05, 4.69) is 272 Å². The summed E-state index contributed by atoms with van der Waals surface area (Å²) >= 11 is 0. The highest BCUT2D eigenvalue weighted by atomic mass is 15.1. The van der Waals surface area contributed by atoms with Gasteiger partial charge in [0, 0.05) is 34.1 Å². The second-order valence-electron chi connectivity index (χ2n) is 15.4. The molecule has 0 bridgehead atoms. The van der Waals surface area contributed by atoms with Crippen LogP contribution in [0, 0.1) is 0 Å². The first-order valence-electron chi connectivity index (χ1n) is 21.5. The number of benzene rings is 9. The van der Waals surface area contributed by atoms with E-state index >= 15 is 0 Å². The van der Waals surface area contributed by atoms with E-state index in [0.717, 1.165) is 56.4 Å². The van der Waals surface area contributed by atoms with Crippen molar-refractivity contribution >= 4 is 34.0 Å². The molecule has 2 heteroatoms. The number of anilines is 5. The fourth-order valence-electron chi connectivity index (χ4n) is 8.31. The molecule has 0 fully saturated rings. The zero-order valence-corrected chi connectivity index (χ0v) is 35.4. The van der Waals surface area contributed by atoms with E-state index in [9.17, 15) is 0 Å². The Bertz CT molecular complexity index is 2970.